The monoisotopic (exact) mass is 154 g/mol. The predicted octanol–water partition coefficient (Wildman–Crippen LogP) is -0.295. The summed E-state index contributed by atoms with van der Waals surface area (Å²) in [6.07, 6.45) is 0.589. The topological polar surface area (TPSA) is 45.3 Å². The first-order valence-electron chi connectivity index (χ1n) is 2.20. The maximum atomic E-state index is 9.09. The van der Waals surface area contributed by atoms with E-state index in [0.29, 0.717) is 6.16 Å². The first kappa shape index (κ1) is 8.84. The van der Waals surface area contributed by atoms with Crippen molar-refractivity contribution in [1.29, 1.82) is 0 Å². The minimum Gasteiger partial charge on any atom is 0.187 e. The van der Waals surface area contributed by atoms with Crippen molar-refractivity contribution < 1.29 is 14.2 Å². The predicted molar refractivity (Wildman–Crippen MR) is 37.7 cm³/mol. The van der Waals surface area contributed by atoms with Crippen LogP contribution >= 0.6 is 7.28 Å². The molecule has 0 bridgehead atoms. The van der Waals surface area contributed by atoms with Crippen LogP contribution in [0.2, 0.25) is 0 Å². The molecule has 1 saturated heterocycles. The van der Waals surface area contributed by atoms with Crippen molar-refractivity contribution in [2.24, 2.45) is 0 Å². The Morgan fingerprint density at radius 3 is 1.88 bits per heavy atom. The molecule has 3 nitrogen and oxygen atoms in total. The molecule has 1 aliphatic rings. The third-order valence-corrected chi connectivity index (χ3v) is 3.33. The average Bonchev–Trinajstić information content (AvgIpc) is 2.20. The quantitative estimate of drug-likeness (QED) is 0.244. The molecule has 0 saturated carbocycles. The van der Waals surface area contributed by atoms with Crippen molar-refractivity contribution >= 4 is 24.6 Å². The number of hydrogen-bond donors (Lipinski definition) is 1. The van der Waals surface area contributed by atoms with Gasteiger partial charge in [-0.3, -0.25) is 0 Å². The minimum atomic E-state index is -2.83. The molecule has 0 aromatic rings. The van der Waals surface area contributed by atoms with Gasteiger partial charge in [-0.15, -0.1) is 0 Å². The molecule has 0 aromatic carbocycles. The van der Waals surface area contributed by atoms with Gasteiger partial charge in [0, 0.05) is 0 Å². The molecule has 1 rings (SSSR count). The van der Waals surface area contributed by atoms with E-state index in [2.05, 4.69) is 9.35 Å². The van der Waals surface area contributed by atoms with E-state index in [1.165, 1.54) is 0 Å². The summed E-state index contributed by atoms with van der Waals surface area (Å²) in [6, 6.07) is 0. The van der Waals surface area contributed by atoms with Crippen LogP contribution < -0.4 is 0 Å². The standard InChI is InChI=1S/C3H9O3P.Al.3H/c1-3-7(2,4)5-6-7;;;;/h4H,3H2,1-2H3;;;;. The van der Waals surface area contributed by atoms with Gasteiger partial charge in [-0.1, -0.05) is 0 Å². The summed E-state index contributed by atoms with van der Waals surface area (Å²) < 4.78 is 8.84. The fourth-order valence-electron chi connectivity index (χ4n) is 0.177. The summed E-state index contributed by atoms with van der Waals surface area (Å²) in [5.74, 6) is 0. The molecule has 0 aliphatic carbocycles. The fraction of sp³-hybridized carbons (Fsp3) is 1.00. The normalized spacial score (nSPS) is 33.6. The van der Waals surface area contributed by atoms with Crippen LogP contribution in [0.15, 0.2) is 0 Å². The van der Waals surface area contributed by atoms with Gasteiger partial charge in [0.2, 0.25) is 0 Å². The zero-order valence-corrected chi connectivity index (χ0v) is 5.31. The van der Waals surface area contributed by atoms with Crippen LogP contribution in [0, 0.1) is 0 Å². The van der Waals surface area contributed by atoms with Crippen molar-refractivity contribution in [2.75, 3.05) is 12.8 Å². The van der Waals surface area contributed by atoms with Crippen LogP contribution in [0.25, 0.3) is 0 Å². The Hall–Kier alpha value is 0.842. The molecule has 1 fully saturated rings. The molecule has 0 aromatic heterocycles. The van der Waals surface area contributed by atoms with Gasteiger partial charge >= 0.3 is 41.3 Å². The molecule has 5 heteroatoms. The van der Waals surface area contributed by atoms with Gasteiger partial charge in [0.1, 0.15) is 0 Å². The van der Waals surface area contributed by atoms with E-state index in [1.54, 1.807) is 6.66 Å². The van der Waals surface area contributed by atoms with E-state index < -0.39 is 7.28 Å². The Labute approximate surface area is 59.2 Å². The van der Waals surface area contributed by atoms with Crippen LogP contribution in [0.4, 0.5) is 0 Å². The maximum absolute atomic E-state index is 9.09. The summed E-state index contributed by atoms with van der Waals surface area (Å²) in [7, 11) is -2.83. The summed E-state index contributed by atoms with van der Waals surface area (Å²) in [4.78, 5) is 9.09. The van der Waals surface area contributed by atoms with Crippen LogP contribution in [0.5, 0.6) is 0 Å². The molecule has 0 radical (unpaired) electrons. The molecule has 1 aliphatic heterocycles. The maximum Gasteiger partial charge on any atom is 0.187 e. The van der Waals surface area contributed by atoms with E-state index in [9.17, 15) is 0 Å². The number of hydrogen-bond acceptors (Lipinski definition) is 3. The van der Waals surface area contributed by atoms with Gasteiger partial charge < -0.3 is 0 Å². The Kier molecular flexibility index (Phi) is 2.12. The van der Waals surface area contributed by atoms with Gasteiger partial charge in [-0.25, -0.2) is 0 Å². The van der Waals surface area contributed by atoms with Gasteiger partial charge in [0.05, 0.1) is 0 Å². The van der Waals surface area contributed by atoms with Crippen LogP contribution in [0.3, 0.4) is 0 Å². The Morgan fingerprint density at radius 1 is 1.50 bits per heavy atom. The van der Waals surface area contributed by atoms with Crippen molar-refractivity contribution in [3.8, 4) is 0 Å². The van der Waals surface area contributed by atoms with Crippen LogP contribution in [-0.2, 0) is 9.35 Å². The first-order valence-corrected chi connectivity index (χ1v) is 4.86. The van der Waals surface area contributed by atoms with Crippen molar-refractivity contribution in [1.82, 2.24) is 0 Å². The second-order valence-electron chi connectivity index (χ2n) is 1.98. The zero-order valence-electron chi connectivity index (χ0n) is 4.42. The second kappa shape index (κ2) is 1.92. The largest absolute Gasteiger partial charge is 0.187 e. The molecule has 1 heterocycles. The molecule has 1 N–H and O–H groups in total. The van der Waals surface area contributed by atoms with E-state index in [4.69, 9.17) is 4.89 Å². The third kappa shape index (κ3) is 1.67. The van der Waals surface area contributed by atoms with E-state index in [0.717, 1.165) is 0 Å². The van der Waals surface area contributed by atoms with Gasteiger partial charge in [0.15, 0.2) is 17.4 Å². The van der Waals surface area contributed by atoms with E-state index in [-0.39, 0.29) is 17.4 Å². The molecule has 8 heavy (non-hydrogen) atoms. The molecule has 0 spiro atoms. The van der Waals surface area contributed by atoms with E-state index >= 15 is 0 Å². The van der Waals surface area contributed by atoms with Crippen LogP contribution in [0.1, 0.15) is 6.92 Å². The zero-order chi connectivity index (χ0) is 5.57. The van der Waals surface area contributed by atoms with Gasteiger partial charge in [-0.05, 0) is 0 Å². The molecule has 50 valence electrons. The summed E-state index contributed by atoms with van der Waals surface area (Å²) in [6.45, 7) is 3.45. The van der Waals surface area contributed by atoms with E-state index in [1.807, 2.05) is 6.92 Å². The van der Waals surface area contributed by atoms with Crippen molar-refractivity contribution in [3.63, 3.8) is 0 Å². The van der Waals surface area contributed by atoms with Crippen LogP contribution in [-0.4, -0.2) is 35.1 Å². The molecular formula is C3H12AlO3P. The summed E-state index contributed by atoms with van der Waals surface area (Å²) in [5.41, 5.74) is 0. The third-order valence-electron chi connectivity index (χ3n) is 1.11. The van der Waals surface area contributed by atoms with Crippen molar-refractivity contribution in [3.05, 3.63) is 0 Å². The molecular weight excluding hydrogens is 142 g/mol. The SMILES string of the molecule is CCP1(C)(O)OO1.[AlH3]. The number of rotatable bonds is 1. The average molecular weight is 154 g/mol. The summed E-state index contributed by atoms with van der Waals surface area (Å²) >= 11 is 0. The van der Waals surface area contributed by atoms with Gasteiger partial charge in [0.25, 0.3) is 0 Å². The molecule has 0 unspecified atom stereocenters. The Morgan fingerprint density at radius 2 is 1.88 bits per heavy atom. The minimum absolute atomic E-state index is 0. The molecule has 0 atom stereocenters. The summed E-state index contributed by atoms with van der Waals surface area (Å²) in [5, 5.41) is 0. The second-order valence-corrected chi connectivity index (χ2v) is 5.95. The fourth-order valence-corrected chi connectivity index (χ4v) is 0.963. The van der Waals surface area contributed by atoms with Crippen molar-refractivity contribution in [2.45, 2.75) is 6.92 Å². The Balaban J connectivity index is 0.000000490. The first-order chi connectivity index (χ1) is 3.05. The Bertz CT molecular complexity index is 96.7. The van der Waals surface area contributed by atoms with Gasteiger partial charge in [-0.2, -0.15) is 0 Å². The molecule has 0 amide bonds. The smallest absolute Gasteiger partial charge is 0.187 e.